The summed E-state index contributed by atoms with van der Waals surface area (Å²) in [6, 6.07) is 7.02. The Morgan fingerprint density at radius 1 is 1.55 bits per heavy atom. The third kappa shape index (κ3) is 4.58. The first kappa shape index (κ1) is 19.0. The van der Waals surface area contributed by atoms with Crippen molar-refractivity contribution in [1.82, 2.24) is 4.98 Å². The number of carbonyl (C=O) groups is 1. The minimum absolute atomic E-state index is 0.167. The van der Waals surface area contributed by atoms with Gasteiger partial charge in [-0.2, -0.15) is 5.26 Å². The molecule has 0 saturated carbocycles. The Kier molecular flexibility index (Phi) is 5.23. The molecule has 1 aromatic carbocycles. The molecule has 0 radical (unpaired) electrons. The highest BCUT2D eigenvalue weighted by Crippen LogP contribution is 2.43. The Balaban J connectivity index is 1.98. The average Bonchev–Trinajstić information content (AvgIpc) is 2.65. The van der Waals surface area contributed by atoms with Crippen LogP contribution in [-0.2, 0) is 6.61 Å². The summed E-state index contributed by atoms with van der Waals surface area (Å²) in [7, 11) is 0. The van der Waals surface area contributed by atoms with Gasteiger partial charge in [0.05, 0.1) is 1.37 Å². The van der Waals surface area contributed by atoms with Crippen molar-refractivity contribution in [2.75, 3.05) is 11.9 Å². The molecule has 0 saturated heterocycles. The number of hydrogen-bond donors (Lipinski definition) is 3. The molecule has 2 heterocycles. The quantitative estimate of drug-likeness (QED) is 0.676. The number of rotatable bonds is 6. The van der Waals surface area contributed by atoms with Crippen LogP contribution >= 0.6 is 0 Å². The molecule has 29 heavy (non-hydrogen) atoms. The van der Waals surface area contributed by atoms with Crippen LogP contribution in [0.2, 0.25) is 0 Å². The van der Waals surface area contributed by atoms with Crippen LogP contribution in [-0.4, -0.2) is 28.3 Å². The molecule has 0 fully saturated rings. The first-order valence-corrected chi connectivity index (χ1v) is 9.19. The minimum atomic E-state index is -1.22. The summed E-state index contributed by atoms with van der Waals surface area (Å²) in [6.45, 7) is 4.89. The Bertz CT molecular complexity index is 1020. The molecule has 8 heteroatoms. The van der Waals surface area contributed by atoms with Crippen LogP contribution in [0.5, 0.6) is 11.5 Å². The number of hydrogen-bond acceptors (Lipinski definition) is 6. The van der Waals surface area contributed by atoms with E-state index < -0.39 is 18.2 Å². The molecule has 1 aliphatic rings. The standard InChI is InChI=1S/C21H24N4O4/c1-12(2)7-21(3,23)11-29-17-5-4-14-15-6-18(25-20(26)27)24-9-13(15)10-28-19(14)16(17)8-22/h4-6,9,12H,7,10-11,23H2,1-3H3,(H,24,25)(H,26,27)/i11D. The number of nitrogens with two attached hydrogens (primary N) is 1. The number of pyridine rings is 1. The number of anilines is 1. The Morgan fingerprint density at radius 2 is 2.31 bits per heavy atom. The smallest absolute Gasteiger partial charge is 0.410 e. The van der Waals surface area contributed by atoms with Crippen LogP contribution in [0.15, 0.2) is 24.4 Å². The zero-order valence-electron chi connectivity index (χ0n) is 17.5. The predicted octanol–water partition coefficient (Wildman–Crippen LogP) is 3.74. The van der Waals surface area contributed by atoms with Gasteiger partial charge in [0.25, 0.3) is 0 Å². The van der Waals surface area contributed by atoms with Crippen molar-refractivity contribution >= 4 is 11.9 Å². The maximum Gasteiger partial charge on any atom is 0.410 e. The molecule has 3 rings (SSSR count). The molecule has 2 unspecified atom stereocenters. The molecule has 0 spiro atoms. The lowest BCUT2D eigenvalue weighted by Crippen LogP contribution is -2.43. The number of amides is 1. The van der Waals surface area contributed by atoms with Gasteiger partial charge in [0.2, 0.25) is 0 Å². The highest BCUT2D eigenvalue weighted by Gasteiger charge is 2.26. The van der Waals surface area contributed by atoms with Gasteiger partial charge in [0, 0.05) is 22.9 Å². The number of carboxylic acid groups (broad SMARTS) is 1. The molecule has 0 aliphatic carbocycles. The lowest BCUT2D eigenvalue weighted by Gasteiger charge is -2.28. The molecule has 2 aromatic rings. The number of aromatic nitrogens is 1. The summed E-state index contributed by atoms with van der Waals surface area (Å²) in [4.78, 5) is 15.0. The summed E-state index contributed by atoms with van der Waals surface area (Å²) >= 11 is 0. The van der Waals surface area contributed by atoms with Crippen molar-refractivity contribution in [3.05, 3.63) is 35.5 Å². The van der Waals surface area contributed by atoms with E-state index in [9.17, 15) is 10.1 Å². The van der Waals surface area contributed by atoms with Crippen molar-refractivity contribution in [3.8, 4) is 28.7 Å². The summed E-state index contributed by atoms with van der Waals surface area (Å²) in [5, 5.41) is 20.9. The van der Waals surface area contributed by atoms with Gasteiger partial charge in [-0.15, -0.1) is 0 Å². The van der Waals surface area contributed by atoms with Crippen LogP contribution in [0.25, 0.3) is 11.1 Å². The number of nitrogens with one attached hydrogen (secondary N) is 1. The third-order valence-corrected chi connectivity index (χ3v) is 4.42. The predicted molar refractivity (Wildman–Crippen MR) is 108 cm³/mol. The normalized spacial score (nSPS) is 15.7. The third-order valence-electron chi connectivity index (χ3n) is 4.42. The summed E-state index contributed by atoms with van der Waals surface area (Å²) in [6.07, 6.45) is 0.902. The van der Waals surface area contributed by atoms with E-state index in [0.29, 0.717) is 23.3 Å². The number of nitriles is 1. The molecule has 2 atom stereocenters. The summed E-state index contributed by atoms with van der Waals surface area (Å²) in [5.74, 6) is 1.01. The van der Waals surface area contributed by atoms with Gasteiger partial charge in [-0.05, 0) is 43.0 Å². The SMILES string of the molecule is [2H]C(Oc1ccc2c(c1C#N)OCc1cnc(NC(=O)O)cc1-2)C(C)(N)CC(C)C. The van der Waals surface area contributed by atoms with E-state index in [-0.39, 0.29) is 29.7 Å². The number of nitrogens with zero attached hydrogens (tertiary/aromatic N) is 2. The minimum Gasteiger partial charge on any atom is -0.490 e. The molecular weight excluding hydrogens is 372 g/mol. The number of fused-ring (bicyclic) bond motifs is 3. The Hall–Kier alpha value is -3.31. The lowest BCUT2D eigenvalue weighted by atomic mass is 9.92. The average molecular weight is 397 g/mol. The summed E-state index contributed by atoms with van der Waals surface area (Å²) < 4.78 is 19.9. The molecule has 152 valence electrons. The van der Waals surface area contributed by atoms with Gasteiger partial charge in [0.15, 0.2) is 0 Å². The molecule has 1 aromatic heterocycles. The van der Waals surface area contributed by atoms with Crippen molar-refractivity contribution in [1.29, 1.82) is 5.26 Å². The fourth-order valence-corrected chi connectivity index (χ4v) is 3.43. The van der Waals surface area contributed by atoms with E-state index >= 15 is 0 Å². The van der Waals surface area contributed by atoms with Crippen molar-refractivity contribution in [2.45, 2.75) is 39.3 Å². The van der Waals surface area contributed by atoms with Crippen LogP contribution < -0.4 is 20.5 Å². The fraction of sp³-hybridized carbons (Fsp3) is 0.381. The topological polar surface area (TPSA) is 130 Å². The number of benzene rings is 1. The van der Waals surface area contributed by atoms with E-state index in [1.54, 1.807) is 25.1 Å². The second kappa shape index (κ2) is 7.97. The second-order valence-corrected chi connectivity index (χ2v) is 7.71. The van der Waals surface area contributed by atoms with Crippen molar-refractivity contribution < 1.29 is 20.7 Å². The largest absolute Gasteiger partial charge is 0.490 e. The summed E-state index contributed by atoms with van der Waals surface area (Å²) in [5.41, 5.74) is 7.64. The molecule has 0 bridgehead atoms. The van der Waals surface area contributed by atoms with Crippen LogP contribution in [0.1, 0.15) is 39.7 Å². The molecule has 8 nitrogen and oxygen atoms in total. The van der Waals surface area contributed by atoms with E-state index in [1.807, 2.05) is 13.8 Å². The fourth-order valence-electron chi connectivity index (χ4n) is 3.43. The first-order chi connectivity index (χ1) is 14.1. The van der Waals surface area contributed by atoms with Gasteiger partial charge < -0.3 is 20.3 Å². The maximum atomic E-state index is 10.9. The zero-order chi connectivity index (χ0) is 22.1. The van der Waals surface area contributed by atoms with E-state index in [0.717, 1.165) is 5.56 Å². The highest BCUT2D eigenvalue weighted by atomic mass is 16.5. The van der Waals surface area contributed by atoms with E-state index in [2.05, 4.69) is 16.4 Å². The molecule has 4 N–H and O–H groups in total. The first-order valence-electron chi connectivity index (χ1n) is 9.77. The van der Waals surface area contributed by atoms with E-state index in [1.165, 1.54) is 6.20 Å². The molecule has 1 aliphatic heterocycles. The maximum absolute atomic E-state index is 10.9. The molecular formula is C21H24N4O4. The van der Waals surface area contributed by atoms with Crippen molar-refractivity contribution in [2.24, 2.45) is 11.7 Å². The van der Waals surface area contributed by atoms with Crippen molar-refractivity contribution in [3.63, 3.8) is 0 Å². The highest BCUT2D eigenvalue weighted by molar-refractivity contribution is 5.85. The Morgan fingerprint density at radius 3 is 2.97 bits per heavy atom. The second-order valence-electron chi connectivity index (χ2n) is 7.71. The van der Waals surface area contributed by atoms with Crippen LogP contribution in [0.4, 0.5) is 10.6 Å². The van der Waals surface area contributed by atoms with Gasteiger partial charge in [-0.3, -0.25) is 5.32 Å². The molecule has 1 amide bonds. The van der Waals surface area contributed by atoms with Gasteiger partial charge >= 0.3 is 6.09 Å². The van der Waals surface area contributed by atoms with Gasteiger partial charge in [-0.25, -0.2) is 9.78 Å². The van der Waals surface area contributed by atoms with Gasteiger partial charge in [-0.1, -0.05) is 13.8 Å². The van der Waals surface area contributed by atoms with Crippen LogP contribution in [0, 0.1) is 17.2 Å². The Labute approximate surface area is 170 Å². The lowest BCUT2D eigenvalue weighted by molar-refractivity contribution is 0.205. The van der Waals surface area contributed by atoms with E-state index in [4.69, 9.17) is 21.7 Å². The zero-order valence-corrected chi connectivity index (χ0v) is 16.5. The van der Waals surface area contributed by atoms with Gasteiger partial charge in [0.1, 0.15) is 42.1 Å². The number of ether oxygens (including phenoxy) is 2. The van der Waals surface area contributed by atoms with Crippen LogP contribution in [0.3, 0.4) is 0 Å². The monoisotopic (exact) mass is 397 g/mol.